The molecule has 0 unspecified atom stereocenters. The van der Waals surface area contributed by atoms with Crippen LogP contribution in [0.5, 0.6) is 0 Å². The largest absolute Gasteiger partial charge is 0.381 e. The van der Waals surface area contributed by atoms with Gasteiger partial charge >= 0.3 is 0 Å². The zero-order chi connectivity index (χ0) is 23.9. The number of anilines is 4. The number of benzene rings is 2. The van der Waals surface area contributed by atoms with Gasteiger partial charge in [-0.15, -0.1) is 11.3 Å². The van der Waals surface area contributed by atoms with Crippen molar-refractivity contribution in [3.05, 3.63) is 59.5 Å². The summed E-state index contributed by atoms with van der Waals surface area (Å²) in [7, 11) is 0. The molecule has 178 valence electrons. The fourth-order valence-corrected chi connectivity index (χ4v) is 4.76. The second kappa shape index (κ2) is 8.78. The number of nitrogens with one attached hydrogen (secondary N) is 2. The molecule has 0 spiro atoms. The van der Waals surface area contributed by atoms with Gasteiger partial charge in [-0.05, 0) is 31.0 Å². The molecule has 2 aromatic carbocycles. The van der Waals surface area contributed by atoms with E-state index in [1.54, 1.807) is 21.5 Å². The van der Waals surface area contributed by atoms with E-state index in [4.69, 9.17) is 4.74 Å². The summed E-state index contributed by atoms with van der Waals surface area (Å²) in [6, 6.07) is 6.99. The fraction of sp³-hybridized carbons (Fsp3) is 0.217. The number of thiazole rings is 1. The maximum Gasteiger partial charge on any atom is 0.229 e. The van der Waals surface area contributed by atoms with Crippen LogP contribution in [0.2, 0.25) is 0 Å². The van der Waals surface area contributed by atoms with Gasteiger partial charge in [0.2, 0.25) is 5.95 Å². The number of rotatable bonds is 5. The first-order valence-electron chi connectivity index (χ1n) is 10.9. The van der Waals surface area contributed by atoms with E-state index in [-0.39, 0.29) is 11.9 Å². The topological polar surface area (TPSA) is 89.8 Å². The van der Waals surface area contributed by atoms with Crippen molar-refractivity contribution in [2.75, 3.05) is 23.8 Å². The van der Waals surface area contributed by atoms with Crippen LogP contribution in [0.4, 0.5) is 36.3 Å². The van der Waals surface area contributed by atoms with Crippen LogP contribution in [0.25, 0.3) is 21.3 Å². The SMILES string of the molecule is Fc1cc(F)c(Nc2nn(C3CCOCC3)c3nc(Nc4ccc5scnc5c4)ncc23)c(F)c1. The average Bonchev–Trinajstić information content (AvgIpc) is 3.46. The molecule has 1 aliphatic heterocycles. The highest BCUT2D eigenvalue weighted by atomic mass is 32.1. The smallest absolute Gasteiger partial charge is 0.229 e. The summed E-state index contributed by atoms with van der Waals surface area (Å²) in [6.07, 6.45) is 2.96. The summed E-state index contributed by atoms with van der Waals surface area (Å²) < 4.78 is 50.3. The van der Waals surface area contributed by atoms with E-state index in [0.29, 0.717) is 55.2 Å². The average molecular weight is 498 g/mol. The van der Waals surface area contributed by atoms with Gasteiger partial charge in [0.05, 0.1) is 27.2 Å². The van der Waals surface area contributed by atoms with Crippen molar-refractivity contribution in [2.45, 2.75) is 18.9 Å². The molecule has 0 radical (unpaired) electrons. The van der Waals surface area contributed by atoms with Crippen LogP contribution in [-0.2, 0) is 4.74 Å². The minimum Gasteiger partial charge on any atom is -0.381 e. The van der Waals surface area contributed by atoms with Crippen LogP contribution < -0.4 is 10.6 Å². The molecule has 0 aliphatic carbocycles. The number of hydrogen-bond donors (Lipinski definition) is 2. The second-order valence-corrected chi connectivity index (χ2v) is 8.98. The molecule has 1 saturated heterocycles. The predicted octanol–water partition coefficient (Wildman–Crippen LogP) is 5.69. The van der Waals surface area contributed by atoms with Gasteiger partial charge in [-0.2, -0.15) is 10.1 Å². The second-order valence-electron chi connectivity index (χ2n) is 8.10. The lowest BCUT2D eigenvalue weighted by Gasteiger charge is -2.22. The van der Waals surface area contributed by atoms with Crippen molar-refractivity contribution in [2.24, 2.45) is 0 Å². The number of aromatic nitrogens is 5. The maximum absolute atomic E-state index is 14.3. The van der Waals surface area contributed by atoms with Gasteiger partial charge in [-0.25, -0.2) is 27.8 Å². The van der Waals surface area contributed by atoms with E-state index < -0.39 is 23.1 Å². The minimum atomic E-state index is -1.06. The van der Waals surface area contributed by atoms with Gasteiger partial charge in [0.1, 0.15) is 11.5 Å². The minimum absolute atomic E-state index is 0.0150. The molecule has 5 aromatic rings. The standard InChI is InChI=1S/C23H18F3N7OS/c24-12-7-16(25)20(17(26)8-12)30-21-15-10-27-23(29-13-1-2-19-18(9-13)28-11-35-19)31-22(15)33(32-21)14-3-5-34-6-4-14/h1-2,7-11,14H,3-6H2,(H,30,32)(H,27,29,31). The molecule has 4 heterocycles. The monoisotopic (exact) mass is 497 g/mol. The van der Waals surface area contributed by atoms with Gasteiger partial charge in [-0.1, -0.05) is 0 Å². The van der Waals surface area contributed by atoms with Crippen LogP contribution in [0.1, 0.15) is 18.9 Å². The highest BCUT2D eigenvalue weighted by Gasteiger charge is 2.24. The molecular formula is C23H18F3N7OS. The lowest BCUT2D eigenvalue weighted by molar-refractivity contribution is 0.0674. The Morgan fingerprint density at radius 3 is 2.60 bits per heavy atom. The molecule has 2 N–H and O–H groups in total. The highest BCUT2D eigenvalue weighted by Crippen LogP contribution is 2.33. The van der Waals surface area contributed by atoms with Crippen molar-refractivity contribution in [1.29, 1.82) is 0 Å². The first-order chi connectivity index (χ1) is 17.0. The highest BCUT2D eigenvalue weighted by molar-refractivity contribution is 7.16. The van der Waals surface area contributed by atoms with Gasteiger partial charge in [0.15, 0.2) is 23.1 Å². The Bertz CT molecular complexity index is 1520. The van der Waals surface area contributed by atoms with E-state index in [9.17, 15) is 13.2 Å². The molecule has 0 saturated carbocycles. The number of ether oxygens (including phenoxy) is 1. The van der Waals surface area contributed by atoms with E-state index in [1.807, 2.05) is 18.2 Å². The summed E-state index contributed by atoms with van der Waals surface area (Å²) in [6.45, 7) is 1.14. The van der Waals surface area contributed by atoms with Crippen molar-refractivity contribution < 1.29 is 17.9 Å². The first kappa shape index (κ1) is 21.7. The Morgan fingerprint density at radius 2 is 1.80 bits per heavy atom. The van der Waals surface area contributed by atoms with E-state index in [1.165, 1.54) is 6.20 Å². The van der Waals surface area contributed by atoms with Crippen molar-refractivity contribution in [3.63, 3.8) is 0 Å². The van der Waals surface area contributed by atoms with E-state index >= 15 is 0 Å². The van der Waals surface area contributed by atoms with Crippen molar-refractivity contribution in [3.8, 4) is 0 Å². The Morgan fingerprint density at radius 1 is 1.00 bits per heavy atom. The van der Waals surface area contributed by atoms with Crippen LogP contribution in [0.3, 0.4) is 0 Å². The lowest BCUT2D eigenvalue weighted by Crippen LogP contribution is -2.21. The molecule has 12 heteroatoms. The van der Waals surface area contributed by atoms with Gasteiger partial charge in [-0.3, -0.25) is 0 Å². The number of nitrogens with zero attached hydrogens (tertiary/aromatic N) is 5. The predicted molar refractivity (Wildman–Crippen MR) is 127 cm³/mol. The molecule has 1 fully saturated rings. The van der Waals surface area contributed by atoms with Crippen LogP contribution in [0, 0.1) is 17.5 Å². The summed E-state index contributed by atoms with van der Waals surface area (Å²) in [5, 5.41) is 10.9. The normalized spacial score (nSPS) is 14.6. The quantitative estimate of drug-likeness (QED) is 0.322. The molecule has 3 aromatic heterocycles. The Kier molecular flexibility index (Phi) is 5.46. The number of halogens is 3. The molecule has 0 amide bonds. The summed E-state index contributed by atoms with van der Waals surface area (Å²) >= 11 is 1.55. The third kappa shape index (κ3) is 4.15. The zero-order valence-electron chi connectivity index (χ0n) is 18.1. The Hall–Kier alpha value is -3.77. The lowest BCUT2D eigenvalue weighted by atomic mass is 10.1. The number of fused-ring (bicyclic) bond motifs is 2. The molecule has 6 rings (SSSR count). The van der Waals surface area contributed by atoms with Crippen LogP contribution >= 0.6 is 11.3 Å². The van der Waals surface area contributed by atoms with Gasteiger partial charge < -0.3 is 15.4 Å². The summed E-state index contributed by atoms with van der Waals surface area (Å²) in [5.74, 6) is -2.61. The molecule has 1 aliphatic rings. The molecule has 8 nitrogen and oxygen atoms in total. The van der Waals surface area contributed by atoms with E-state index in [0.717, 1.165) is 15.9 Å². The van der Waals surface area contributed by atoms with Gasteiger partial charge in [0, 0.05) is 37.2 Å². The first-order valence-corrected chi connectivity index (χ1v) is 11.8. The van der Waals surface area contributed by atoms with E-state index in [2.05, 4.69) is 30.7 Å². The zero-order valence-corrected chi connectivity index (χ0v) is 19.0. The molecular weight excluding hydrogens is 479 g/mol. The number of hydrogen-bond acceptors (Lipinski definition) is 8. The van der Waals surface area contributed by atoms with Crippen LogP contribution in [0.15, 0.2) is 42.0 Å². The Labute approximate surface area is 200 Å². The van der Waals surface area contributed by atoms with Gasteiger partial charge in [0.25, 0.3) is 0 Å². The summed E-state index contributed by atoms with van der Waals surface area (Å²) in [4.78, 5) is 13.4. The third-order valence-corrected chi connectivity index (χ3v) is 6.63. The molecule has 0 atom stereocenters. The van der Waals surface area contributed by atoms with Crippen molar-refractivity contribution in [1.82, 2.24) is 24.7 Å². The van der Waals surface area contributed by atoms with Crippen molar-refractivity contribution >= 4 is 55.7 Å². The molecule has 0 bridgehead atoms. The third-order valence-electron chi connectivity index (χ3n) is 5.82. The van der Waals surface area contributed by atoms with Crippen LogP contribution in [-0.4, -0.2) is 37.9 Å². The molecule has 35 heavy (non-hydrogen) atoms. The maximum atomic E-state index is 14.3. The summed E-state index contributed by atoms with van der Waals surface area (Å²) in [5.41, 5.74) is 3.42. The fourth-order valence-electron chi connectivity index (χ4n) is 4.11. The Balaban J connectivity index is 1.40.